The van der Waals surface area contributed by atoms with Crippen molar-refractivity contribution in [3.63, 3.8) is 0 Å². The summed E-state index contributed by atoms with van der Waals surface area (Å²) in [5.41, 5.74) is 1.65. The number of carbonyl (C=O) groups excluding carboxylic acids is 2. The number of aliphatic hydroxyl groups excluding tert-OH is 1. The Hall–Kier alpha value is -3.08. The molecule has 1 unspecified atom stereocenters. The van der Waals surface area contributed by atoms with Gasteiger partial charge in [0.1, 0.15) is 11.3 Å². The molecule has 0 radical (unpaired) electrons. The van der Waals surface area contributed by atoms with Crippen molar-refractivity contribution in [2.45, 2.75) is 56.9 Å². The van der Waals surface area contributed by atoms with E-state index in [-0.39, 0.29) is 11.3 Å². The average molecular weight is 405 g/mol. The van der Waals surface area contributed by atoms with Gasteiger partial charge >= 0.3 is 0 Å². The molecule has 5 heteroatoms. The fourth-order valence-corrected chi connectivity index (χ4v) is 4.57. The topological polar surface area (TPSA) is 78.4 Å². The molecule has 5 nitrogen and oxygen atoms in total. The second-order valence-corrected chi connectivity index (χ2v) is 8.58. The molecular formula is C25H28N2O3. The van der Waals surface area contributed by atoms with Crippen LogP contribution in [0.25, 0.3) is 0 Å². The Balaban J connectivity index is 1.48. The normalized spacial score (nSPS) is 22.1. The molecule has 1 aliphatic heterocycles. The molecule has 0 aromatic heterocycles. The third kappa shape index (κ3) is 4.11. The monoisotopic (exact) mass is 404 g/mol. The molecule has 2 aromatic carbocycles. The van der Waals surface area contributed by atoms with Crippen molar-refractivity contribution >= 4 is 17.5 Å². The summed E-state index contributed by atoms with van der Waals surface area (Å²) in [6.45, 7) is 1.73. The molecule has 1 saturated carbocycles. The molecule has 1 atom stereocenters. The van der Waals surface area contributed by atoms with Crippen molar-refractivity contribution in [2.75, 3.05) is 5.32 Å². The van der Waals surface area contributed by atoms with Crippen LogP contribution in [0.3, 0.4) is 0 Å². The van der Waals surface area contributed by atoms with Gasteiger partial charge in [-0.15, -0.1) is 0 Å². The lowest BCUT2D eigenvalue weighted by molar-refractivity contribution is -0.121. The minimum absolute atomic E-state index is 0.215. The van der Waals surface area contributed by atoms with Crippen molar-refractivity contribution in [3.8, 4) is 0 Å². The van der Waals surface area contributed by atoms with Crippen LogP contribution in [0.4, 0.5) is 5.69 Å². The minimum Gasteiger partial charge on any atom is -0.509 e. The molecule has 1 fully saturated rings. The van der Waals surface area contributed by atoms with Crippen molar-refractivity contribution in [2.24, 2.45) is 0 Å². The van der Waals surface area contributed by atoms with E-state index in [9.17, 15) is 14.7 Å². The number of amides is 2. The van der Waals surface area contributed by atoms with Crippen LogP contribution in [0, 0.1) is 0 Å². The van der Waals surface area contributed by atoms with Gasteiger partial charge < -0.3 is 15.7 Å². The highest BCUT2D eigenvalue weighted by Crippen LogP contribution is 2.33. The van der Waals surface area contributed by atoms with Gasteiger partial charge in [-0.05, 0) is 48.9 Å². The molecule has 2 amide bonds. The lowest BCUT2D eigenvalue weighted by Gasteiger charge is -2.24. The molecule has 0 bridgehead atoms. The fraction of sp³-hybridized carbons (Fsp3) is 0.360. The highest BCUT2D eigenvalue weighted by Gasteiger charge is 2.44. The van der Waals surface area contributed by atoms with Crippen LogP contribution in [0.15, 0.2) is 65.9 Å². The molecule has 0 spiro atoms. The Morgan fingerprint density at radius 3 is 2.40 bits per heavy atom. The smallest absolute Gasteiger partial charge is 0.264 e. The van der Waals surface area contributed by atoms with Gasteiger partial charge in [-0.3, -0.25) is 9.59 Å². The van der Waals surface area contributed by atoms with Crippen molar-refractivity contribution < 1.29 is 14.7 Å². The number of nitrogens with one attached hydrogen (secondary N) is 2. The summed E-state index contributed by atoms with van der Waals surface area (Å²) in [7, 11) is 0. The van der Waals surface area contributed by atoms with Gasteiger partial charge in [0.05, 0.1) is 5.54 Å². The second-order valence-electron chi connectivity index (χ2n) is 8.58. The summed E-state index contributed by atoms with van der Waals surface area (Å²) in [6.07, 6.45) is 6.69. The summed E-state index contributed by atoms with van der Waals surface area (Å²) in [4.78, 5) is 25.3. The Kier molecular flexibility index (Phi) is 5.62. The maximum Gasteiger partial charge on any atom is 0.264 e. The van der Waals surface area contributed by atoms with E-state index in [4.69, 9.17) is 0 Å². The number of carbonyl (C=O) groups is 2. The minimum atomic E-state index is -1.00. The van der Waals surface area contributed by atoms with Gasteiger partial charge in [0.2, 0.25) is 0 Å². The Morgan fingerprint density at radius 2 is 1.73 bits per heavy atom. The van der Waals surface area contributed by atoms with E-state index < -0.39 is 17.4 Å². The summed E-state index contributed by atoms with van der Waals surface area (Å²) < 4.78 is 0. The maximum atomic E-state index is 12.8. The third-order valence-corrected chi connectivity index (χ3v) is 6.25. The predicted molar refractivity (Wildman–Crippen MR) is 117 cm³/mol. The van der Waals surface area contributed by atoms with E-state index >= 15 is 0 Å². The highest BCUT2D eigenvalue weighted by molar-refractivity contribution is 6.24. The molecule has 156 valence electrons. The Labute approximate surface area is 177 Å². The lowest BCUT2D eigenvalue weighted by atomic mass is 9.84. The van der Waals surface area contributed by atoms with Crippen LogP contribution >= 0.6 is 0 Å². The summed E-state index contributed by atoms with van der Waals surface area (Å²) in [6, 6.07) is 17.4. The van der Waals surface area contributed by atoms with Crippen molar-refractivity contribution in [1.29, 1.82) is 0 Å². The van der Waals surface area contributed by atoms with Crippen LogP contribution in [0.5, 0.6) is 0 Å². The Morgan fingerprint density at radius 1 is 1.07 bits per heavy atom. The van der Waals surface area contributed by atoms with Gasteiger partial charge in [-0.1, -0.05) is 61.7 Å². The van der Waals surface area contributed by atoms with Crippen LogP contribution in [0.2, 0.25) is 0 Å². The molecule has 2 aromatic rings. The summed E-state index contributed by atoms with van der Waals surface area (Å²) in [5.74, 6) is -0.767. The van der Waals surface area contributed by atoms with E-state index in [0.29, 0.717) is 18.0 Å². The van der Waals surface area contributed by atoms with Crippen molar-refractivity contribution in [3.05, 3.63) is 77.1 Å². The first-order valence-corrected chi connectivity index (χ1v) is 10.7. The number of anilines is 1. The number of benzene rings is 2. The van der Waals surface area contributed by atoms with E-state index in [1.807, 2.05) is 54.6 Å². The van der Waals surface area contributed by atoms with E-state index in [1.165, 1.54) is 37.7 Å². The number of hydrogen-bond acceptors (Lipinski definition) is 3. The van der Waals surface area contributed by atoms with Gasteiger partial charge in [-0.2, -0.15) is 0 Å². The molecule has 1 aliphatic carbocycles. The standard InChI is InChI=1S/C25H28N2O3/c1-25(16-17-8-4-2-5-9-17)22(28)21(24(30)27-25)23(29)26-20-14-12-19(13-15-20)18-10-6-3-7-11-18/h2,4-5,8-9,12-15,18,28H,3,6-7,10-11,16H2,1H3,(H,26,29)(H,27,30). The zero-order chi connectivity index (χ0) is 21.1. The first kappa shape index (κ1) is 20.2. The second kappa shape index (κ2) is 8.34. The van der Waals surface area contributed by atoms with Gasteiger partial charge in [0.15, 0.2) is 0 Å². The molecule has 3 N–H and O–H groups in total. The van der Waals surface area contributed by atoms with Crippen LogP contribution in [-0.4, -0.2) is 22.5 Å². The third-order valence-electron chi connectivity index (χ3n) is 6.25. The quantitative estimate of drug-likeness (QED) is 0.637. The number of aliphatic hydroxyl groups is 1. The maximum absolute atomic E-state index is 12.8. The first-order chi connectivity index (χ1) is 14.5. The number of rotatable bonds is 5. The van der Waals surface area contributed by atoms with Crippen LogP contribution < -0.4 is 10.6 Å². The zero-order valence-corrected chi connectivity index (χ0v) is 17.3. The number of hydrogen-bond donors (Lipinski definition) is 3. The molecule has 4 rings (SSSR count). The molecule has 0 saturated heterocycles. The highest BCUT2D eigenvalue weighted by atomic mass is 16.3. The molecule has 1 heterocycles. The van der Waals surface area contributed by atoms with E-state index in [0.717, 1.165) is 5.56 Å². The molecule has 30 heavy (non-hydrogen) atoms. The molecular weight excluding hydrogens is 376 g/mol. The summed E-state index contributed by atoms with van der Waals surface area (Å²) in [5, 5.41) is 16.3. The van der Waals surface area contributed by atoms with Crippen molar-refractivity contribution in [1.82, 2.24) is 5.32 Å². The fourth-order valence-electron chi connectivity index (χ4n) is 4.57. The lowest BCUT2D eigenvalue weighted by Crippen LogP contribution is -2.43. The largest absolute Gasteiger partial charge is 0.509 e. The van der Waals surface area contributed by atoms with Crippen LogP contribution in [-0.2, 0) is 16.0 Å². The van der Waals surface area contributed by atoms with E-state index in [1.54, 1.807) is 6.92 Å². The van der Waals surface area contributed by atoms with Gasteiger partial charge in [-0.25, -0.2) is 0 Å². The van der Waals surface area contributed by atoms with Gasteiger partial charge in [0, 0.05) is 12.1 Å². The zero-order valence-electron chi connectivity index (χ0n) is 17.3. The Bertz CT molecular complexity index is 960. The SMILES string of the molecule is CC1(Cc2ccccc2)NC(=O)C(C(=O)Nc2ccc(C3CCCCC3)cc2)=C1O. The van der Waals surface area contributed by atoms with Crippen LogP contribution in [0.1, 0.15) is 56.1 Å². The van der Waals surface area contributed by atoms with E-state index in [2.05, 4.69) is 10.6 Å². The first-order valence-electron chi connectivity index (χ1n) is 10.7. The predicted octanol–water partition coefficient (Wildman–Crippen LogP) is 4.62. The molecule has 2 aliphatic rings. The average Bonchev–Trinajstić information content (AvgIpc) is 2.97. The summed E-state index contributed by atoms with van der Waals surface area (Å²) >= 11 is 0. The van der Waals surface area contributed by atoms with Gasteiger partial charge in [0.25, 0.3) is 11.8 Å².